The molecule has 1 rings (SSSR count). The molecule has 0 aliphatic heterocycles. The van der Waals surface area contributed by atoms with E-state index >= 15 is 0 Å². The van der Waals surface area contributed by atoms with Crippen LogP contribution in [0.15, 0.2) is 18.5 Å². The molecular formula is C10H9F2NO2. The van der Waals surface area contributed by atoms with E-state index in [0.717, 1.165) is 0 Å². The van der Waals surface area contributed by atoms with E-state index in [4.69, 9.17) is 5.11 Å². The topological polar surface area (TPSA) is 42.4 Å². The average molecular weight is 213 g/mol. The Hall–Kier alpha value is -1.67. The van der Waals surface area contributed by atoms with Crippen molar-refractivity contribution in [2.75, 3.05) is 6.61 Å². The lowest BCUT2D eigenvalue weighted by molar-refractivity contribution is -0.0500. The number of halogens is 2. The third-order valence-corrected chi connectivity index (χ3v) is 1.41. The van der Waals surface area contributed by atoms with Crippen LogP contribution in [0, 0.1) is 11.8 Å². The Morgan fingerprint density at radius 2 is 2.27 bits per heavy atom. The number of pyridine rings is 1. The number of aliphatic hydroxyl groups is 1. The molecule has 5 heteroatoms. The van der Waals surface area contributed by atoms with Crippen LogP contribution in [0.5, 0.6) is 5.75 Å². The molecule has 3 nitrogen and oxygen atoms in total. The molecule has 1 aromatic rings. The molecule has 0 fully saturated rings. The number of ether oxygens (including phenoxy) is 1. The van der Waals surface area contributed by atoms with Gasteiger partial charge in [-0.05, 0) is 6.07 Å². The van der Waals surface area contributed by atoms with Gasteiger partial charge < -0.3 is 9.84 Å². The molecule has 1 N–H and O–H groups in total. The van der Waals surface area contributed by atoms with Crippen molar-refractivity contribution in [2.24, 2.45) is 0 Å². The zero-order valence-electron chi connectivity index (χ0n) is 7.78. The third kappa shape index (κ3) is 4.38. The summed E-state index contributed by atoms with van der Waals surface area (Å²) in [7, 11) is 0. The molecule has 0 spiro atoms. The van der Waals surface area contributed by atoms with Gasteiger partial charge in [0.05, 0.1) is 12.8 Å². The Kier molecular flexibility index (Phi) is 4.51. The number of alkyl halides is 2. The van der Waals surface area contributed by atoms with Crippen molar-refractivity contribution in [3.05, 3.63) is 24.0 Å². The molecule has 1 heterocycles. The largest absolute Gasteiger partial charge is 0.433 e. The lowest BCUT2D eigenvalue weighted by Crippen LogP contribution is -2.02. The van der Waals surface area contributed by atoms with Gasteiger partial charge in [0.1, 0.15) is 5.75 Å². The van der Waals surface area contributed by atoms with E-state index in [1.807, 2.05) is 0 Å². The summed E-state index contributed by atoms with van der Waals surface area (Å²) in [6.07, 6.45) is 2.95. The van der Waals surface area contributed by atoms with E-state index in [0.29, 0.717) is 12.0 Å². The maximum absolute atomic E-state index is 11.8. The molecule has 0 aromatic carbocycles. The van der Waals surface area contributed by atoms with Crippen LogP contribution in [0.25, 0.3) is 0 Å². The zero-order valence-corrected chi connectivity index (χ0v) is 7.78. The van der Waals surface area contributed by atoms with E-state index in [1.54, 1.807) is 0 Å². The van der Waals surface area contributed by atoms with Crippen LogP contribution < -0.4 is 4.74 Å². The Labute approximate surface area is 85.7 Å². The number of hydrogen-bond donors (Lipinski definition) is 1. The van der Waals surface area contributed by atoms with E-state index in [9.17, 15) is 8.78 Å². The van der Waals surface area contributed by atoms with Gasteiger partial charge >= 0.3 is 6.61 Å². The Morgan fingerprint density at radius 3 is 2.93 bits per heavy atom. The summed E-state index contributed by atoms with van der Waals surface area (Å²) in [5, 5.41) is 8.48. The first-order valence-electron chi connectivity index (χ1n) is 4.22. The summed E-state index contributed by atoms with van der Waals surface area (Å²) in [6, 6.07) is 1.36. The predicted octanol–water partition coefficient (Wildman–Crippen LogP) is 1.42. The lowest BCUT2D eigenvalue weighted by Gasteiger charge is -2.02. The van der Waals surface area contributed by atoms with Crippen molar-refractivity contribution in [2.45, 2.75) is 13.0 Å². The van der Waals surface area contributed by atoms with Gasteiger partial charge in [0.15, 0.2) is 0 Å². The van der Waals surface area contributed by atoms with Crippen LogP contribution >= 0.6 is 0 Å². The van der Waals surface area contributed by atoms with Crippen LogP contribution in [0.3, 0.4) is 0 Å². The van der Waals surface area contributed by atoms with Crippen LogP contribution in [-0.2, 0) is 0 Å². The van der Waals surface area contributed by atoms with Gasteiger partial charge in [-0.25, -0.2) is 0 Å². The molecule has 1 aromatic heterocycles. The molecule has 0 aliphatic carbocycles. The van der Waals surface area contributed by atoms with Crippen LogP contribution in [0.4, 0.5) is 8.78 Å². The minimum absolute atomic E-state index is 0.0270. The number of hydrogen-bond acceptors (Lipinski definition) is 3. The van der Waals surface area contributed by atoms with Gasteiger partial charge in [0.25, 0.3) is 0 Å². The van der Waals surface area contributed by atoms with Crippen molar-refractivity contribution in [3.63, 3.8) is 0 Å². The molecule has 0 atom stereocenters. The first kappa shape index (κ1) is 11.4. The van der Waals surface area contributed by atoms with Gasteiger partial charge in [-0.1, -0.05) is 11.8 Å². The summed E-state index contributed by atoms with van der Waals surface area (Å²) >= 11 is 0. The summed E-state index contributed by atoms with van der Waals surface area (Å²) in [5.74, 6) is 5.28. The standard InChI is InChI=1S/C10H9F2NO2/c11-10(12)15-9-5-8(6-13-7-9)3-1-2-4-14/h5-7,10,14H,2,4H2. The second-order valence-electron chi connectivity index (χ2n) is 2.56. The predicted molar refractivity (Wildman–Crippen MR) is 49.4 cm³/mol. The number of nitrogens with zero attached hydrogens (tertiary/aromatic N) is 1. The minimum Gasteiger partial charge on any atom is -0.433 e. The number of aromatic nitrogens is 1. The monoisotopic (exact) mass is 213 g/mol. The SMILES string of the molecule is OCCC#Cc1cncc(OC(F)F)c1. The highest BCUT2D eigenvalue weighted by molar-refractivity contribution is 5.36. The maximum Gasteiger partial charge on any atom is 0.387 e. The molecule has 0 saturated carbocycles. The van der Waals surface area contributed by atoms with E-state index in [2.05, 4.69) is 21.6 Å². The van der Waals surface area contributed by atoms with Gasteiger partial charge in [-0.3, -0.25) is 4.98 Å². The average Bonchev–Trinajstić information content (AvgIpc) is 2.18. The van der Waals surface area contributed by atoms with Crippen molar-refractivity contribution in [1.29, 1.82) is 0 Å². The van der Waals surface area contributed by atoms with Crippen molar-refractivity contribution in [1.82, 2.24) is 4.98 Å². The molecule has 0 amide bonds. The minimum atomic E-state index is -2.87. The van der Waals surface area contributed by atoms with Crippen LogP contribution in [0.2, 0.25) is 0 Å². The summed E-state index contributed by atoms with van der Waals surface area (Å²) < 4.78 is 27.8. The number of rotatable bonds is 3. The second-order valence-corrected chi connectivity index (χ2v) is 2.56. The van der Waals surface area contributed by atoms with Crippen molar-refractivity contribution >= 4 is 0 Å². The van der Waals surface area contributed by atoms with Crippen molar-refractivity contribution in [3.8, 4) is 17.6 Å². The maximum atomic E-state index is 11.8. The molecule has 80 valence electrons. The summed E-state index contributed by atoms with van der Waals surface area (Å²) in [4.78, 5) is 3.69. The van der Waals surface area contributed by atoms with Gasteiger partial charge in [0.2, 0.25) is 0 Å². The fourth-order valence-electron chi connectivity index (χ4n) is 0.875. The number of aliphatic hydroxyl groups excluding tert-OH is 1. The smallest absolute Gasteiger partial charge is 0.387 e. The van der Waals surface area contributed by atoms with E-state index in [-0.39, 0.29) is 12.4 Å². The molecule has 0 bridgehead atoms. The second kappa shape index (κ2) is 5.94. The summed E-state index contributed by atoms with van der Waals surface area (Å²) in [5.41, 5.74) is 0.474. The van der Waals surface area contributed by atoms with Crippen molar-refractivity contribution < 1.29 is 18.6 Å². The fraction of sp³-hybridized carbons (Fsp3) is 0.300. The Morgan fingerprint density at radius 1 is 1.47 bits per heavy atom. The van der Waals surface area contributed by atoms with Gasteiger partial charge in [-0.2, -0.15) is 8.78 Å². The summed E-state index contributed by atoms with van der Waals surface area (Å²) in [6.45, 7) is -2.90. The van der Waals surface area contributed by atoms with E-state index in [1.165, 1.54) is 18.5 Å². The Bertz CT molecular complexity index is 371. The van der Waals surface area contributed by atoms with Gasteiger partial charge in [-0.15, -0.1) is 0 Å². The first-order valence-corrected chi connectivity index (χ1v) is 4.22. The molecule has 0 radical (unpaired) electrons. The van der Waals surface area contributed by atoms with Gasteiger partial charge in [0, 0.05) is 18.2 Å². The Balaban J connectivity index is 2.71. The molecule has 15 heavy (non-hydrogen) atoms. The molecule has 0 saturated heterocycles. The normalized spacial score (nSPS) is 9.60. The molecule has 0 aliphatic rings. The highest BCUT2D eigenvalue weighted by Crippen LogP contribution is 2.13. The zero-order chi connectivity index (χ0) is 11.1. The van der Waals surface area contributed by atoms with Crippen LogP contribution in [0.1, 0.15) is 12.0 Å². The quantitative estimate of drug-likeness (QED) is 0.772. The van der Waals surface area contributed by atoms with Crippen LogP contribution in [-0.4, -0.2) is 23.3 Å². The highest BCUT2D eigenvalue weighted by atomic mass is 19.3. The highest BCUT2D eigenvalue weighted by Gasteiger charge is 2.04. The third-order valence-electron chi connectivity index (χ3n) is 1.41. The lowest BCUT2D eigenvalue weighted by atomic mass is 10.2. The fourth-order valence-corrected chi connectivity index (χ4v) is 0.875. The van der Waals surface area contributed by atoms with E-state index < -0.39 is 6.61 Å². The first-order chi connectivity index (χ1) is 7.22. The molecule has 0 unspecified atom stereocenters. The molecular weight excluding hydrogens is 204 g/mol.